The van der Waals surface area contributed by atoms with Gasteiger partial charge in [0.05, 0.1) is 0 Å². The average Bonchev–Trinajstić information content (AvgIpc) is 1.35. The van der Waals surface area contributed by atoms with Crippen molar-refractivity contribution in [3.8, 4) is 0 Å². The van der Waals surface area contributed by atoms with Crippen LogP contribution in [0.2, 0.25) is 4.47 Å². The van der Waals surface area contributed by atoms with E-state index in [0.717, 1.165) is 10.9 Å². The van der Waals surface area contributed by atoms with Crippen LogP contribution in [0.3, 0.4) is 0 Å². The number of ketones is 1. The molecule has 0 amide bonds. The van der Waals surface area contributed by atoms with Gasteiger partial charge >= 0.3 is 50.7 Å². The van der Waals surface area contributed by atoms with Crippen molar-refractivity contribution in [2.24, 2.45) is 0 Å². The standard InChI is InChI=1S/C4H7OTe/c1-4(5)2-3-6/h2-3H2,1H3. The third-order valence-electron chi connectivity index (χ3n) is 0.454. The summed E-state index contributed by atoms with van der Waals surface area (Å²) in [6.07, 6.45) is 0.741. The van der Waals surface area contributed by atoms with Gasteiger partial charge in [-0.15, -0.1) is 0 Å². The number of rotatable bonds is 2. The van der Waals surface area contributed by atoms with Crippen molar-refractivity contribution in [3.05, 3.63) is 0 Å². The second-order valence-electron chi connectivity index (χ2n) is 1.16. The Morgan fingerprint density at radius 3 is 2.33 bits per heavy atom. The van der Waals surface area contributed by atoms with Gasteiger partial charge < -0.3 is 0 Å². The Hall–Kier alpha value is 0.460. The molecule has 1 nitrogen and oxygen atoms in total. The Kier molecular flexibility index (Phi) is 3.92. The van der Waals surface area contributed by atoms with Crippen LogP contribution in [-0.2, 0) is 4.79 Å². The molecule has 0 aromatic carbocycles. The van der Waals surface area contributed by atoms with Crippen LogP contribution in [0.15, 0.2) is 0 Å². The van der Waals surface area contributed by atoms with Crippen molar-refractivity contribution in [1.82, 2.24) is 0 Å². The van der Waals surface area contributed by atoms with E-state index in [2.05, 4.69) is 0 Å². The van der Waals surface area contributed by atoms with Gasteiger partial charge in [0, 0.05) is 0 Å². The molecule has 0 aromatic heterocycles. The first-order valence-corrected chi connectivity index (χ1v) is 3.49. The first kappa shape index (κ1) is 6.46. The van der Waals surface area contributed by atoms with E-state index in [9.17, 15) is 4.79 Å². The van der Waals surface area contributed by atoms with Gasteiger partial charge in [0.1, 0.15) is 0 Å². The van der Waals surface area contributed by atoms with E-state index in [1.807, 2.05) is 22.3 Å². The molecule has 0 aliphatic heterocycles. The maximum absolute atomic E-state index is 10.0. The SMILES string of the molecule is CC(=O)CC[Te]. The summed E-state index contributed by atoms with van der Waals surface area (Å²) in [5.41, 5.74) is 0. The van der Waals surface area contributed by atoms with Gasteiger partial charge in [0.25, 0.3) is 0 Å². The molecule has 0 heterocycles. The number of carbonyl (C=O) groups is 1. The van der Waals surface area contributed by atoms with E-state index in [4.69, 9.17) is 0 Å². The minimum atomic E-state index is 0.292. The molecular formula is C4H7OTe. The molecule has 0 saturated heterocycles. The first-order chi connectivity index (χ1) is 2.77. The summed E-state index contributed by atoms with van der Waals surface area (Å²) < 4.78 is 0.991. The van der Waals surface area contributed by atoms with Gasteiger partial charge in [-0.05, 0) is 0 Å². The molecule has 6 heavy (non-hydrogen) atoms. The first-order valence-electron chi connectivity index (χ1n) is 1.85. The molecule has 0 aromatic rings. The third-order valence-corrected chi connectivity index (χ3v) is 1.04. The fourth-order valence-electron chi connectivity index (χ4n) is 0.144. The quantitative estimate of drug-likeness (QED) is 0.593. The van der Waals surface area contributed by atoms with Crippen molar-refractivity contribution < 1.29 is 4.79 Å². The Balaban J connectivity index is 2.83. The van der Waals surface area contributed by atoms with Gasteiger partial charge in [0.2, 0.25) is 0 Å². The minimum absolute atomic E-state index is 0.292. The van der Waals surface area contributed by atoms with Crippen LogP contribution in [0.25, 0.3) is 0 Å². The van der Waals surface area contributed by atoms with E-state index in [1.54, 1.807) is 6.92 Å². The van der Waals surface area contributed by atoms with Crippen molar-refractivity contribution >= 4 is 28.1 Å². The molecule has 0 atom stereocenters. The average molecular weight is 199 g/mol. The summed E-state index contributed by atoms with van der Waals surface area (Å²) in [4.78, 5) is 10.0. The number of carbonyl (C=O) groups excluding carboxylic acids is 1. The Morgan fingerprint density at radius 2 is 2.33 bits per heavy atom. The van der Waals surface area contributed by atoms with Crippen molar-refractivity contribution in [1.29, 1.82) is 0 Å². The van der Waals surface area contributed by atoms with Crippen LogP contribution in [0, 0.1) is 0 Å². The number of Topliss-reactive ketones (excluding diaryl/α,β-unsaturated/α-hetero) is 1. The zero-order valence-electron chi connectivity index (χ0n) is 3.73. The maximum atomic E-state index is 10.0. The Labute approximate surface area is 51.0 Å². The summed E-state index contributed by atoms with van der Waals surface area (Å²) in [5.74, 6) is 0.292. The molecule has 1 radical (unpaired) electrons. The molecule has 0 rings (SSSR count). The van der Waals surface area contributed by atoms with Crippen LogP contribution in [0.1, 0.15) is 13.3 Å². The second kappa shape index (κ2) is 3.64. The van der Waals surface area contributed by atoms with Crippen LogP contribution < -0.4 is 0 Å². The van der Waals surface area contributed by atoms with Crippen molar-refractivity contribution in [3.63, 3.8) is 0 Å². The van der Waals surface area contributed by atoms with Crippen LogP contribution in [-0.4, -0.2) is 28.1 Å². The van der Waals surface area contributed by atoms with Gasteiger partial charge in [0.15, 0.2) is 0 Å². The van der Waals surface area contributed by atoms with Crippen LogP contribution >= 0.6 is 0 Å². The van der Waals surface area contributed by atoms with Crippen molar-refractivity contribution in [2.45, 2.75) is 17.8 Å². The van der Waals surface area contributed by atoms with E-state index >= 15 is 0 Å². The van der Waals surface area contributed by atoms with Gasteiger partial charge in [-0.1, -0.05) is 0 Å². The second-order valence-corrected chi connectivity index (χ2v) is 2.32. The molecular weight excluding hydrogens is 192 g/mol. The summed E-state index contributed by atoms with van der Waals surface area (Å²) in [6.45, 7) is 1.62. The van der Waals surface area contributed by atoms with Crippen LogP contribution in [0.4, 0.5) is 0 Å². The number of hydrogen-bond donors (Lipinski definition) is 0. The summed E-state index contributed by atoms with van der Waals surface area (Å²) in [5, 5.41) is 0. The molecule has 0 saturated carbocycles. The van der Waals surface area contributed by atoms with Gasteiger partial charge in [-0.3, -0.25) is 0 Å². The third kappa shape index (κ3) is 4.46. The van der Waals surface area contributed by atoms with Crippen LogP contribution in [0.5, 0.6) is 0 Å². The molecule has 0 bridgehead atoms. The summed E-state index contributed by atoms with van der Waals surface area (Å²) in [7, 11) is 0. The zero-order chi connectivity index (χ0) is 4.99. The van der Waals surface area contributed by atoms with Crippen molar-refractivity contribution in [2.75, 3.05) is 0 Å². The topological polar surface area (TPSA) is 17.1 Å². The fourth-order valence-corrected chi connectivity index (χ4v) is 0.964. The Morgan fingerprint density at radius 1 is 1.83 bits per heavy atom. The predicted octanol–water partition coefficient (Wildman–Crippen LogP) is 0.552. The molecule has 0 spiro atoms. The molecule has 0 fully saturated rings. The molecule has 0 N–H and O–H groups in total. The normalized spacial score (nSPS) is 8.33. The van der Waals surface area contributed by atoms with E-state index < -0.39 is 0 Å². The van der Waals surface area contributed by atoms with Gasteiger partial charge in [-0.2, -0.15) is 0 Å². The Bertz CT molecular complexity index is 51.5. The van der Waals surface area contributed by atoms with E-state index in [-0.39, 0.29) is 0 Å². The summed E-state index contributed by atoms with van der Waals surface area (Å²) >= 11 is 1.94. The van der Waals surface area contributed by atoms with Gasteiger partial charge in [-0.25, -0.2) is 0 Å². The molecule has 35 valence electrons. The molecule has 2 heteroatoms. The zero-order valence-corrected chi connectivity index (χ0v) is 6.06. The molecule has 0 unspecified atom stereocenters. The monoisotopic (exact) mass is 201 g/mol. The predicted molar refractivity (Wildman–Crippen MR) is 25.9 cm³/mol. The number of hydrogen-bond acceptors (Lipinski definition) is 1. The molecule has 0 aliphatic rings. The fraction of sp³-hybridized carbons (Fsp3) is 0.750. The van der Waals surface area contributed by atoms with E-state index in [1.165, 1.54) is 0 Å². The summed E-state index contributed by atoms with van der Waals surface area (Å²) in [6, 6.07) is 0. The van der Waals surface area contributed by atoms with E-state index in [0.29, 0.717) is 5.78 Å². The molecule has 0 aliphatic carbocycles.